The minimum Gasteiger partial charge on any atom is -0.444 e. The van der Waals surface area contributed by atoms with E-state index < -0.39 is 0 Å². The van der Waals surface area contributed by atoms with Crippen molar-refractivity contribution in [3.8, 4) is 0 Å². The molecule has 116 valence electrons. The number of rotatable bonds is 3. The molecule has 2 fully saturated rings. The molecule has 2 aliphatic rings. The summed E-state index contributed by atoms with van der Waals surface area (Å²) in [5.41, 5.74) is 0.964. The fourth-order valence-corrected chi connectivity index (χ4v) is 3.04. The molecule has 6 heteroatoms. The molecule has 1 aromatic rings. The lowest BCUT2D eigenvalue weighted by molar-refractivity contribution is -0.134. The summed E-state index contributed by atoms with van der Waals surface area (Å²) in [5, 5.41) is 3.28. The summed E-state index contributed by atoms with van der Waals surface area (Å²) in [5.74, 6) is 1.95. The largest absolute Gasteiger partial charge is 0.444 e. The molecule has 1 atom stereocenters. The van der Waals surface area contributed by atoms with Gasteiger partial charge in [0, 0.05) is 26.2 Å². The maximum atomic E-state index is 12.3. The number of aryl methyl sites for hydroxylation is 2. The molecular formula is C15H24N4O2. The Morgan fingerprint density at radius 2 is 2.10 bits per heavy atom. The van der Waals surface area contributed by atoms with Crippen LogP contribution in [-0.2, 0) is 11.3 Å². The summed E-state index contributed by atoms with van der Waals surface area (Å²) in [6, 6.07) is 0.0496. The van der Waals surface area contributed by atoms with Crippen LogP contribution in [0.2, 0.25) is 0 Å². The summed E-state index contributed by atoms with van der Waals surface area (Å²) in [6.07, 6.45) is 2.09. The second-order valence-electron chi connectivity index (χ2n) is 6.00. The monoisotopic (exact) mass is 292 g/mol. The highest BCUT2D eigenvalue weighted by Gasteiger charge is 2.29. The summed E-state index contributed by atoms with van der Waals surface area (Å²) >= 11 is 0. The fourth-order valence-electron chi connectivity index (χ4n) is 3.04. The minimum atomic E-state index is 0.0496. The van der Waals surface area contributed by atoms with Crippen LogP contribution in [0.25, 0.3) is 0 Å². The van der Waals surface area contributed by atoms with Gasteiger partial charge in [0.05, 0.1) is 18.3 Å². The predicted molar refractivity (Wildman–Crippen MR) is 78.9 cm³/mol. The van der Waals surface area contributed by atoms with E-state index >= 15 is 0 Å². The van der Waals surface area contributed by atoms with E-state index in [-0.39, 0.29) is 11.9 Å². The number of hydrogen-bond acceptors (Lipinski definition) is 5. The molecule has 0 aromatic carbocycles. The Morgan fingerprint density at radius 1 is 1.33 bits per heavy atom. The van der Waals surface area contributed by atoms with Crippen molar-refractivity contribution >= 4 is 5.91 Å². The van der Waals surface area contributed by atoms with Gasteiger partial charge in [0.1, 0.15) is 5.76 Å². The Morgan fingerprint density at radius 3 is 2.67 bits per heavy atom. The first-order valence-electron chi connectivity index (χ1n) is 7.81. The topological polar surface area (TPSA) is 61.6 Å². The Labute approximate surface area is 125 Å². The zero-order valence-electron chi connectivity index (χ0n) is 12.9. The van der Waals surface area contributed by atoms with Crippen molar-refractivity contribution in [1.29, 1.82) is 0 Å². The van der Waals surface area contributed by atoms with E-state index in [1.165, 1.54) is 0 Å². The average molecular weight is 292 g/mol. The van der Waals surface area contributed by atoms with Crippen molar-refractivity contribution < 1.29 is 9.21 Å². The zero-order valence-corrected chi connectivity index (χ0v) is 12.9. The number of amides is 1. The molecule has 0 aliphatic carbocycles. The van der Waals surface area contributed by atoms with Gasteiger partial charge >= 0.3 is 0 Å². The first kappa shape index (κ1) is 14.5. The zero-order chi connectivity index (χ0) is 14.8. The van der Waals surface area contributed by atoms with Gasteiger partial charge in [0.2, 0.25) is 11.8 Å². The molecule has 1 amide bonds. The molecule has 0 unspecified atom stereocenters. The van der Waals surface area contributed by atoms with Crippen molar-refractivity contribution in [3.05, 3.63) is 17.3 Å². The first-order chi connectivity index (χ1) is 10.1. The lowest BCUT2D eigenvalue weighted by Gasteiger charge is -2.35. The van der Waals surface area contributed by atoms with Crippen molar-refractivity contribution in [2.45, 2.75) is 39.3 Å². The molecule has 0 saturated carbocycles. The molecule has 2 aliphatic heterocycles. The molecule has 2 saturated heterocycles. The van der Waals surface area contributed by atoms with Crippen LogP contribution in [0, 0.1) is 13.8 Å². The molecule has 0 radical (unpaired) electrons. The quantitative estimate of drug-likeness (QED) is 0.888. The van der Waals surface area contributed by atoms with Gasteiger partial charge < -0.3 is 14.6 Å². The van der Waals surface area contributed by atoms with E-state index in [9.17, 15) is 4.79 Å². The van der Waals surface area contributed by atoms with Crippen molar-refractivity contribution in [3.63, 3.8) is 0 Å². The molecule has 3 heterocycles. The van der Waals surface area contributed by atoms with E-state index in [1.54, 1.807) is 0 Å². The van der Waals surface area contributed by atoms with Gasteiger partial charge in [-0.2, -0.15) is 0 Å². The highest BCUT2D eigenvalue weighted by Crippen LogP contribution is 2.14. The predicted octanol–water partition coefficient (Wildman–Crippen LogP) is 0.688. The van der Waals surface area contributed by atoms with Gasteiger partial charge in [0.15, 0.2) is 0 Å². The molecular weight excluding hydrogens is 268 g/mol. The number of nitrogens with zero attached hydrogens (tertiary/aromatic N) is 3. The van der Waals surface area contributed by atoms with Crippen LogP contribution in [0.4, 0.5) is 0 Å². The molecule has 0 spiro atoms. The molecule has 21 heavy (non-hydrogen) atoms. The van der Waals surface area contributed by atoms with E-state index in [0.29, 0.717) is 0 Å². The maximum Gasteiger partial charge on any atom is 0.239 e. The van der Waals surface area contributed by atoms with E-state index in [4.69, 9.17) is 4.42 Å². The highest BCUT2D eigenvalue weighted by molar-refractivity contribution is 5.82. The van der Waals surface area contributed by atoms with Crippen LogP contribution in [0.1, 0.15) is 30.2 Å². The molecule has 0 bridgehead atoms. The van der Waals surface area contributed by atoms with Crippen LogP contribution >= 0.6 is 0 Å². The standard InChI is InChI=1S/C15H24N4O2/c1-11-12(2)21-14(17-11)10-18-6-8-19(9-7-18)15(20)13-4-3-5-16-13/h13,16H,3-10H2,1-2H3/t13-/m0/s1. The van der Waals surface area contributed by atoms with Gasteiger partial charge in [-0.15, -0.1) is 0 Å². The van der Waals surface area contributed by atoms with Crippen LogP contribution in [-0.4, -0.2) is 59.5 Å². The Kier molecular flexibility index (Phi) is 4.26. The smallest absolute Gasteiger partial charge is 0.239 e. The third kappa shape index (κ3) is 3.27. The average Bonchev–Trinajstić information content (AvgIpc) is 3.10. The van der Waals surface area contributed by atoms with Gasteiger partial charge in [-0.25, -0.2) is 4.98 Å². The second-order valence-corrected chi connectivity index (χ2v) is 6.00. The Balaban J connectivity index is 1.49. The second kappa shape index (κ2) is 6.15. The molecule has 3 rings (SSSR count). The molecule has 1 aromatic heterocycles. The maximum absolute atomic E-state index is 12.3. The summed E-state index contributed by atoms with van der Waals surface area (Å²) < 4.78 is 5.63. The van der Waals surface area contributed by atoms with Crippen molar-refractivity contribution in [2.75, 3.05) is 32.7 Å². The van der Waals surface area contributed by atoms with Crippen molar-refractivity contribution in [2.24, 2.45) is 0 Å². The number of piperazine rings is 1. The molecule has 6 nitrogen and oxygen atoms in total. The summed E-state index contributed by atoms with van der Waals surface area (Å²) in [4.78, 5) is 21.0. The number of aromatic nitrogens is 1. The van der Waals surface area contributed by atoms with Crippen LogP contribution in [0.15, 0.2) is 4.42 Å². The third-order valence-electron chi connectivity index (χ3n) is 4.47. The van der Waals surface area contributed by atoms with Gasteiger partial charge in [-0.05, 0) is 33.2 Å². The van der Waals surface area contributed by atoms with Crippen LogP contribution in [0.5, 0.6) is 0 Å². The summed E-state index contributed by atoms with van der Waals surface area (Å²) in [7, 11) is 0. The molecule has 1 N–H and O–H groups in total. The van der Waals surface area contributed by atoms with E-state index in [2.05, 4.69) is 15.2 Å². The van der Waals surface area contributed by atoms with Gasteiger partial charge in [-0.1, -0.05) is 0 Å². The van der Waals surface area contributed by atoms with Gasteiger partial charge in [-0.3, -0.25) is 9.69 Å². The minimum absolute atomic E-state index is 0.0496. The Hall–Kier alpha value is -1.40. The fraction of sp³-hybridized carbons (Fsp3) is 0.733. The van der Waals surface area contributed by atoms with E-state index in [1.807, 2.05) is 18.7 Å². The number of nitrogens with one attached hydrogen (secondary N) is 1. The summed E-state index contributed by atoms with van der Waals surface area (Å²) in [6.45, 7) is 8.99. The number of carbonyl (C=O) groups is 1. The lowest BCUT2D eigenvalue weighted by Crippen LogP contribution is -2.52. The number of hydrogen-bond donors (Lipinski definition) is 1. The normalized spacial score (nSPS) is 23.7. The lowest BCUT2D eigenvalue weighted by atomic mass is 10.2. The highest BCUT2D eigenvalue weighted by atomic mass is 16.4. The van der Waals surface area contributed by atoms with E-state index in [0.717, 1.165) is 69.5 Å². The first-order valence-corrected chi connectivity index (χ1v) is 7.81. The Bertz CT molecular complexity index is 480. The third-order valence-corrected chi connectivity index (χ3v) is 4.47. The van der Waals surface area contributed by atoms with Crippen LogP contribution < -0.4 is 5.32 Å². The number of oxazole rings is 1. The number of carbonyl (C=O) groups excluding carboxylic acids is 1. The van der Waals surface area contributed by atoms with Crippen LogP contribution in [0.3, 0.4) is 0 Å². The SMILES string of the molecule is Cc1nc(CN2CCN(C(=O)[C@@H]3CCCN3)CC2)oc1C. The van der Waals surface area contributed by atoms with Gasteiger partial charge in [0.25, 0.3) is 0 Å². The van der Waals surface area contributed by atoms with Crippen molar-refractivity contribution in [1.82, 2.24) is 20.1 Å².